The zero-order valence-corrected chi connectivity index (χ0v) is 13.0. The Morgan fingerprint density at radius 3 is 2.65 bits per heavy atom. The molecule has 1 aliphatic heterocycles. The molecule has 102 valence electrons. The van der Waals surface area contributed by atoms with E-state index < -0.39 is 0 Å². The molecule has 0 fully saturated rings. The Balaban J connectivity index is 2.36. The van der Waals surface area contributed by atoms with Crippen molar-refractivity contribution in [3.05, 3.63) is 41.3 Å². The van der Waals surface area contributed by atoms with Crippen molar-refractivity contribution in [3.8, 4) is 10.6 Å². The number of aryl methyl sites for hydroxylation is 1. The van der Waals surface area contributed by atoms with E-state index in [1.54, 1.807) is 11.3 Å². The van der Waals surface area contributed by atoms with E-state index in [9.17, 15) is 0 Å². The van der Waals surface area contributed by atoms with E-state index in [0.717, 1.165) is 11.2 Å². The molecule has 0 bridgehead atoms. The standard InChI is InChI=1S/C16H17N3S/c1-10-7-14-16(9-13(10)17-2)20-15-8-11(19(3)4)5-6-12(15)18-14/h5-9H,1-4H3/p+1. The number of hydrogen-bond donors (Lipinski definition) is 1. The zero-order chi connectivity index (χ0) is 14.3. The molecule has 4 heteroatoms. The molecule has 0 spiro atoms. The van der Waals surface area contributed by atoms with Crippen molar-refractivity contribution >= 4 is 27.2 Å². The Kier molecular flexibility index (Phi) is 3.18. The summed E-state index contributed by atoms with van der Waals surface area (Å²) in [7, 11) is 6.07. The highest BCUT2D eigenvalue weighted by molar-refractivity contribution is 7.21. The summed E-state index contributed by atoms with van der Waals surface area (Å²) in [5.41, 5.74) is 4.52. The van der Waals surface area contributed by atoms with Crippen molar-refractivity contribution < 1.29 is 0 Å². The fourth-order valence-corrected chi connectivity index (χ4v) is 3.34. The van der Waals surface area contributed by atoms with E-state index in [4.69, 9.17) is 4.98 Å². The highest BCUT2D eigenvalue weighted by Gasteiger charge is 2.10. The summed E-state index contributed by atoms with van der Waals surface area (Å²) in [5.74, 6) is 0. The van der Waals surface area contributed by atoms with Crippen LogP contribution in [0.4, 0.5) is 5.69 Å². The number of benzene rings is 2. The zero-order valence-electron chi connectivity index (χ0n) is 12.2. The lowest BCUT2D eigenvalue weighted by molar-refractivity contribution is 0.814. The number of aromatic nitrogens is 1. The second kappa shape index (κ2) is 4.87. The summed E-state index contributed by atoms with van der Waals surface area (Å²) in [5, 5.41) is 4.44. The van der Waals surface area contributed by atoms with Crippen molar-refractivity contribution in [2.45, 2.75) is 6.92 Å². The summed E-state index contributed by atoms with van der Waals surface area (Å²) in [6.07, 6.45) is 0. The van der Waals surface area contributed by atoms with E-state index in [1.165, 1.54) is 26.2 Å². The van der Waals surface area contributed by atoms with Crippen LogP contribution in [-0.2, 0) is 0 Å². The molecule has 1 aromatic carbocycles. The lowest BCUT2D eigenvalue weighted by atomic mass is 10.2. The molecule has 0 saturated carbocycles. The average Bonchev–Trinajstić information content (AvgIpc) is 2.43. The fraction of sp³-hybridized carbons (Fsp3) is 0.250. The molecule has 3 nitrogen and oxygen atoms in total. The Morgan fingerprint density at radius 1 is 1.15 bits per heavy atom. The molecule has 0 aromatic heterocycles. The maximum atomic E-state index is 4.78. The van der Waals surface area contributed by atoms with Gasteiger partial charge in [0.1, 0.15) is 14.1 Å². The number of hydrogen-bond acceptors (Lipinski definition) is 3. The van der Waals surface area contributed by atoms with Crippen LogP contribution in [0.15, 0.2) is 30.3 Å². The van der Waals surface area contributed by atoms with Gasteiger partial charge in [-0.25, -0.2) is 9.56 Å². The molecular weight excluding hydrogens is 266 g/mol. The third kappa shape index (κ3) is 2.16. The van der Waals surface area contributed by atoms with Gasteiger partial charge in [0.2, 0.25) is 5.36 Å². The number of rotatable bonds is 1. The van der Waals surface area contributed by atoms with Crippen LogP contribution in [0.1, 0.15) is 5.56 Å². The minimum absolute atomic E-state index is 1.06. The first-order valence-corrected chi connectivity index (χ1v) is 7.43. The first-order valence-electron chi connectivity index (χ1n) is 6.62. The molecule has 1 aromatic rings. The van der Waals surface area contributed by atoms with Gasteiger partial charge < -0.3 is 5.32 Å². The van der Waals surface area contributed by atoms with E-state index in [1.807, 2.05) is 7.05 Å². The van der Waals surface area contributed by atoms with Crippen molar-refractivity contribution in [2.24, 2.45) is 0 Å². The van der Waals surface area contributed by atoms with Gasteiger partial charge in [-0.15, -0.1) is 11.3 Å². The summed E-state index contributed by atoms with van der Waals surface area (Å²) in [6, 6.07) is 10.7. The van der Waals surface area contributed by atoms with Gasteiger partial charge in [-0.1, -0.05) is 0 Å². The van der Waals surface area contributed by atoms with Crippen molar-refractivity contribution in [3.63, 3.8) is 0 Å². The highest BCUT2D eigenvalue weighted by atomic mass is 32.1. The van der Waals surface area contributed by atoms with Gasteiger partial charge in [0.15, 0.2) is 0 Å². The SMILES string of the molecule is CNc1cc2sc3cc(=[N+](C)C)ccc-3nc2cc1C. The van der Waals surface area contributed by atoms with Crippen molar-refractivity contribution in [2.75, 3.05) is 26.5 Å². The molecule has 20 heavy (non-hydrogen) atoms. The molecule has 0 saturated heterocycles. The highest BCUT2D eigenvalue weighted by Crippen LogP contribution is 2.32. The van der Waals surface area contributed by atoms with Gasteiger partial charge >= 0.3 is 0 Å². The molecule has 0 radical (unpaired) electrons. The van der Waals surface area contributed by atoms with Crippen LogP contribution in [0.2, 0.25) is 0 Å². The van der Waals surface area contributed by atoms with E-state index in [2.05, 4.69) is 61.2 Å². The minimum Gasteiger partial charge on any atom is -0.388 e. The summed E-state index contributed by atoms with van der Waals surface area (Å²) < 4.78 is 3.33. The van der Waals surface area contributed by atoms with Crippen LogP contribution in [0.25, 0.3) is 20.8 Å². The lowest BCUT2D eigenvalue weighted by Crippen LogP contribution is -2.21. The summed E-state index contributed by atoms with van der Waals surface area (Å²) in [6.45, 7) is 2.11. The van der Waals surface area contributed by atoms with Crippen LogP contribution in [-0.4, -0.2) is 26.1 Å². The second-order valence-electron chi connectivity index (χ2n) is 5.15. The van der Waals surface area contributed by atoms with Crippen LogP contribution in [0, 0.1) is 6.92 Å². The maximum absolute atomic E-state index is 4.78. The molecule has 2 aliphatic rings. The smallest absolute Gasteiger partial charge is 0.201 e. The van der Waals surface area contributed by atoms with E-state index >= 15 is 0 Å². The van der Waals surface area contributed by atoms with Gasteiger partial charge in [-0.2, -0.15) is 0 Å². The molecule has 3 rings (SSSR count). The number of nitrogens with one attached hydrogen (secondary N) is 1. The minimum atomic E-state index is 1.06. The molecule has 0 atom stereocenters. The third-order valence-corrected chi connectivity index (χ3v) is 4.59. The van der Waals surface area contributed by atoms with Gasteiger partial charge in [-0.3, -0.25) is 0 Å². The Hall–Kier alpha value is -1.94. The molecular formula is C16H18N3S+. The Morgan fingerprint density at radius 2 is 1.95 bits per heavy atom. The normalized spacial score (nSPS) is 11.0. The van der Waals surface area contributed by atoms with E-state index in [-0.39, 0.29) is 0 Å². The Bertz CT molecular complexity index is 829. The Labute approximate surface area is 122 Å². The quantitative estimate of drug-likeness (QED) is 0.550. The monoisotopic (exact) mass is 284 g/mol. The number of anilines is 1. The predicted molar refractivity (Wildman–Crippen MR) is 87.6 cm³/mol. The van der Waals surface area contributed by atoms with Crippen LogP contribution in [0.5, 0.6) is 0 Å². The van der Waals surface area contributed by atoms with Gasteiger partial charge in [0.25, 0.3) is 0 Å². The van der Waals surface area contributed by atoms with Gasteiger partial charge in [0, 0.05) is 24.9 Å². The van der Waals surface area contributed by atoms with Gasteiger partial charge in [-0.05, 0) is 30.7 Å². The number of fused-ring (bicyclic) bond motifs is 2. The largest absolute Gasteiger partial charge is 0.388 e. The first-order chi connectivity index (χ1) is 9.58. The van der Waals surface area contributed by atoms with Crippen LogP contribution < -0.4 is 15.2 Å². The van der Waals surface area contributed by atoms with E-state index in [0.29, 0.717) is 0 Å². The van der Waals surface area contributed by atoms with Crippen molar-refractivity contribution in [1.82, 2.24) is 9.56 Å². The molecule has 1 heterocycles. The first kappa shape index (κ1) is 13.1. The second-order valence-corrected chi connectivity index (χ2v) is 6.23. The maximum Gasteiger partial charge on any atom is 0.201 e. The van der Waals surface area contributed by atoms with Crippen LogP contribution in [0.3, 0.4) is 0 Å². The third-order valence-electron chi connectivity index (χ3n) is 3.50. The van der Waals surface area contributed by atoms with Gasteiger partial charge in [0.05, 0.1) is 20.8 Å². The average molecular weight is 284 g/mol. The molecule has 0 amide bonds. The molecule has 0 unspecified atom stereocenters. The topological polar surface area (TPSA) is 27.9 Å². The summed E-state index contributed by atoms with van der Waals surface area (Å²) >= 11 is 1.79. The van der Waals surface area contributed by atoms with Crippen LogP contribution >= 0.6 is 11.3 Å². The lowest BCUT2D eigenvalue weighted by Gasteiger charge is -2.09. The molecule has 1 N–H and O–H groups in total. The van der Waals surface area contributed by atoms with Crippen molar-refractivity contribution in [1.29, 1.82) is 0 Å². The molecule has 1 aliphatic carbocycles. The summed E-state index contributed by atoms with van der Waals surface area (Å²) in [4.78, 5) is 6.00. The number of nitrogens with zero attached hydrogens (tertiary/aromatic N) is 2. The predicted octanol–water partition coefficient (Wildman–Crippen LogP) is 2.78. The fourth-order valence-electron chi connectivity index (χ4n) is 2.31.